The maximum absolute atomic E-state index is 12.1. The Morgan fingerprint density at radius 3 is 1.67 bits per heavy atom. The molecule has 0 bridgehead atoms. The summed E-state index contributed by atoms with van der Waals surface area (Å²) >= 11 is 0. The van der Waals surface area contributed by atoms with Crippen molar-refractivity contribution < 1.29 is 23.9 Å². The summed E-state index contributed by atoms with van der Waals surface area (Å²) in [4.78, 5) is 35.4. The van der Waals surface area contributed by atoms with Crippen LogP contribution in [0.25, 0.3) is 0 Å². The quantitative estimate of drug-likeness (QED) is 0.573. The van der Waals surface area contributed by atoms with Crippen molar-refractivity contribution in [1.29, 1.82) is 0 Å². The standard InChI is InChI=1S/C15H27NO5/c1-14(2,3)20-12(18)16(10-8-7-9-11-17)13(19)21-15(4,5)6/h11H,7-10H2,1-6H3. The summed E-state index contributed by atoms with van der Waals surface area (Å²) in [6.45, 7) is 10.5. The number of aldehydes is 1. The highest BCUT2D eigenvalue weighted by Crippen LogP contribution is 2.15. The van der Waals surface area contributed by atoms with Crippen LogP contribution in [0.3, 0.4) is 0 Å². The number of carbonyl (C=O) groups excluding carboxylic acids is 3. The number of rotatable bonds is 5. The van der Waals surface area contributed by atoms with Gasteiger partial charge in [0.2, 0.25) is 0 Å². The van der Waals surface area contributed by atoms with E-state index in [0.717, 1.165) is 11.2 Å². The highest BCUT2D eigenvalue weighted by molar-refractivity contribution is 5.88. The zero-order chi connectivity index (χ0) is 16.7. The van der Waals surface area contributed by atoms with E-state index in [0.29, 0.717) is 19.3 Å². The van der Waals surface area contributed by atoms with Crippen LogP contribution in [-0.4, -0.2) is 41.1 Å². The summed E-state index contributed by atoms with van der Waals surface area (Å²) < 4.78 is 10.4. The Morgan fingerprint density at radius 1 is 0.905 bits per heavy atom. The third-order valence-corrected chi connectivity index (χ3v) is 2.18. The van der Waals surface area contributed by atoms with Gasteiger partial charge in [0, 0.05) is 13.0 Å². The van der Waals surface area contributed by atoms with Gasteiger partial charge in [0.15, 0.2) is 0 Å². The minimum atomic E-state index is -0.733. The van der Waals surface area contributed by atoms with Crippen LogP contribution in [0.4, 0.5) is 9.59 Å². The average molecular weight is 301 g/mol. The first-order chi connectivity index (χ1) is 9.46. The van der Waals surface area contributed by atoms with E-state index in [9.17, 15) is 14.4 Å². The topological polar surface area (TPSA) is 72.9 Å². The molecule has 0 aromatic carbocycles. The Balaban J connectivity index is 4.78. The van der Waals surface area contributed by atoms with Gasteiger partial charge in [-0.1, -0.05) is 0 Å². The molecule has 0 unspecified atom stereocenters. The van der Waals surface area contributed by atoms with E-state index in [2.05, 4.69) is 0 Å². The van der Waals surface area contributed by atoms with Gasteiger partial charge in [-0.25, -0.2) is 14.5 Å². The second-order valence-electron chi connectivity index (χ2n) is 6.77. The Labute approximate surface area is 126 Å². The van der Waals surface area contributed by atoms with E-state index in [4.69, 9.17) is 9.47 Å². The van der Waals surface area contributed by atoms with Crippen molar-refractivity contribution in [2.24, 2.45) is 0 Å². The van der Waals surface area contributed by atoms with E-state index in [-0.39, 0.29) is 6.54 Å². The van der Waals surface area contributed by atoms with Gasteiger partial charge in [-0.05, 0) is 54.4 Å². The van der Waals surface area contributed by atoms with Gasteiger partial charge >= 0.3 is 12.2 Å². The first kappa shape index (κ1) is 19.4. The SMILES string of the molecule is CC(C)(C)OC(=O)N(CCCCC=O)C(=O)OC(C)(C)C. The van der Waals surface area contributed by atoms with Gasteiger partial charge in [0.25, 0.3) is 0 Å². The molecule has 0 rings (SSSR count). The van der Waals surface area contributed by atoms with Crippen LogP contribution in [-0.2, 0) is 14.3 Å². The molecule has 0 fully saturated rings. The lowest BCUT2D eigenvalue weighted by Crippen LogP contribution is -2.44. The van der Waals surface area contributed by atoms with Crippen LogP contribution in [0.2, 0.25) is 0 Å². The zero-order valence-electron chi connectivity index (χ0n) is 13.9. The molecule has 0 aliphatic rings. The van der Waals surface area contributed by atoms with Crippen molar-refractivity contribution >= 4 is 18.5 Å². The molecule has 2 amide bonds. The molecule has 0 aliphatic carbocycles. The maximum atomic E-state index is 12.1. The molecule has 0 radical (unpaired) electrons. The third kappa shape index (κ3) is 9.87. The van der Waals surface area contributed by atoms with Gasteiger partial charge in [0.05, 0.1) is 0 Å². The largest absolute Gasteiger partial charge is 0.443 e. The first-order valence-corrected chi connectivity index (χ1v) is 7.13. The summed E-state index contributed by atoms with van der Waals surface area (Å²) in [5.41, 5.74) is -1.39. The Hall–Kier alpha value is -1.59. The van der Waals surface area contributed by atoms with Crippen molar-refractivity contribution in [2.75, 3.05) is 6.54 Å². The third-order valence-electron chi connectivity index (χ3n) is 2.18. The number of carbonyl (C=O) groups is 3. The van der Waals surface area contributed by atoms with E-state index < -0.39 is 23.4 Å². The smallest absolute Gasteiger partial charge is 0.419 e. The van der Waals surface area contributed by atoms with Gasteiger partial charge < -0.3 is 14.3 Å². The molecule has 0 aromatic heterocycles. The van der Waals surface area contributed by atoms with Crippen LogP contribution in [0.5, 0.6) is 0 Å². The normalized spacial score (nSPS) is 11.7. The van der Waals surface area contributed by atoms with E-state index in [1.165, 1.54) is 0 Å². The van der Waals surface area contributed by atoms with Crippen LogP contribution >= 0.6 is 0 Å². The molecule has 6 heteroatoms. The fourth-order valence-corrected chi connectivity index (χ4v) is 1.39. The Bertz CT molecular complexity index is 337. The second-order valence-corrected chi connectivity index (χ2v) is 6.77. The monoisotopic (exact) mass is 301 g/mol. The summed E-state index contributed by atoms with van der Waals surface area (Å²) in [5.74, 6) is 0. The number of ether oxygens (including phenoxy) is 2. The fraction of sp³-hybridized carbons (Fsp3) is 0.800. The van der Waals surface area contributed by atoms with Crippen molar-refractivity contribution in [2.45, 2.75) is 72.0 Å². The lowest BCUT2D eigenvalue weighted by molar-refractivity contribution is -0.107. The highest BCUT2D eigenvalue weighted by atomic mass is 16.6. The van der Waals surface area contributed by atoms with Crippen LogP contribution in [0.1, 0.15) is 60.8 Å². The molecule has 0 aromatic rings. The summed E-state index contributed by atoms with van der Waals surface area (Å²) in [6, 6.07) is 0. The maximum Gasteiger partial charge on any atom is 0.419 e. The molecule has 0 heterocycles. The molecule has 0 saturated heterocycles. The predicted octanol–water partition coefficient (Wildman–Crippen LogP) is 3.53. The van der Waals surface area contributed by atoms with Crippen LogP contribution < -0.4 is 0 Å². The minimum absolute atomic E-state index is 0.164. The van der Waals surface area contributed by atoms with Crippen molar-refractivity contribution in [3.8, 4) is 0 Å². The van der Waals surface area contributed by atoms with Gasteiger partial charge in [0.1, 0.15) is 17.5 Å². The number of hydrogen-bond acceptors (Lipinski definition) is 5. The number of amides is 2. The lowest BCUT2D eigenvalue weighted by atomic mass is 10.2. The van der Waals surface area contributed by atoms with E-state index >= 15 is 0 Å². The Kier molecular flexibility index (Phi) is 7.39. The second kappa shape index (κ2) is 8.00. The zero-order valence-corrected chi connectivity index (χ0v) is 13.9. The lowest BCUT2D eigenvalue weighted by Gasteiger charge is -2.28. The van der Waals surface area contributed by atoms with Crippen LogP contribution in [0, 0.1) is 0 Å². The van der Waals surface area contributed by atoms with Gasteiger partial charge in [-0.3, -0.25) is 0 Å². The predicted molar refractivity (Wildman–Crippen MR) is 79.1 cm³/mol. The van der Waals surface area contributed by atoms with Gasteiger partial charge in [-0.15, -0.1) is 0 Å². The number of unbranched alkanes of at least 4 members (excludes halogenated alkanes) is 2. The molecule has 0 N–H and O–H groups in total. The summed E-state index contributed by atoms with van der Waals surface area (Å²) in [6.07, 6.45) is 0.871. The number of hydrogen-bond donors (Lipinski definition) is 0. The van der Waals surface area contributed by atoms with E-state index in [1.54, 1.807) is 41.5 Å². The molecule has 0 aliphatic heterocycles. The van der Waals surface area contributed by atoms with Gasteiger partial charge in [-0.2, -0.15) is 0 Å². The minimum Gasteiger partial charge on any atom is -0.443 e. The molecule has 21 heavy (non-hydrogen) atoms. The molecule has 0 spiro atoms. The first-order valence-electron chi connectivity index (χ1n) is 7.13. The molecule has 122 valence electrons. The molecule has 0 saturated carbocycles. The number of nitrogens with zero attached hydrogens (tertiary/aromatic N) is 1. The van der Waals surface area contributed by atoms with Crippen LogP contribution in [0.15, 0.2) is 0 Å². The molecule has 0 atom stereocenters. The summed E-state index contributed by atoms with van der Waals surface area (Å²) in [7, 11) is 0. The van der Waals surface area contributed by atoms with Crippen molar-refractivity contribution in [3.63, 3.8) is 0 Å². The Morgan fingerprint density at radius 2 is 1.33 bits per heavy atom. The molecular formula is C15H27NO5. The molecule has 6 nitrogen and oxygen atoms in total. The molecular weight excluding hydrogens is 274 g/mol. The number of imide groups is 1. The van der Waals surface area contributed by atoms with Crippen molar-refractivity contribution in [1.82, 2.24) is 4.90 Å². The average Bonchev–Trinajstić information content (AvgIpc) is 2.23. The highest BCUT2D eigenvalue weighted by Gasteiger charge is 2.30. The van der Waals surface area contributed by atoms with Crippen molar-refractivity contribution in [3.05, 3.63) is 0 Å². The van der Waals surface area contributed by atoms with E-state index in [1.807, 2.05) is 0 Å². The fourth-order valence-electron chi connectivity index (χ4n) is 1.39. The summed E-state index contributed by atoms with van der Waals surface area (Å²) in [5, 5.41) is 0.